The fourth-order valence-electron chi connectivity index (χ4n) is 2.11. The van der Waals surface area contributed by atoms with Gasteiger partial charge in [0.15, 0.2) is 0 Å². The van der Waals surface area contributed by atoms with Crippen molar-refractivity contribution in [1.29, 1.82) is 0 Å². The van der Waals surface area contributed by atoms with Crippen molar-refractivity contribution in [1.82, 2.24) is 5.06 Å². The topological polar surface area (TPSA) is 29.5 Å². The van der Waals surface area contributed by atoms with E-state index in [1.165, 1.54) is 16.2 Å². The SMILES string of the molecule is CCc1ccc(CCC(=O)N2CCCCO2)cc1. The van der Waals surface area contributed by atoms with Crippen molar-refractivity contribution < 1.29 is 9.63 Å². The second-order valence-electron chi connectivity index (χ2n) is 4.71. The van der Waals surface area contributed by atoms with Crippen LogP contribution in [-0.4, -0.2) is 24.1 Å². The Hall–Kier alpha value is -1.35. The van der Waals surface area contributed by atoms with Crippen LogP contribution in [0.1, 0.15) is 37.3 Å². The second-order valence-corrected chi connectivity index (χ2v) is 4.71. The van der Waals surface area contributed by atoms with Gasteiger partial charge in [-0.1, -0.05) is 31.2 Å². The van der Waals surface area contributed by atoms with Gasteiger partial charge in [0.25, 0.3) is 0 Å². The molecule has 0 atom stereocenters. The maximum atomic E-state index is 11.9. The molecule has 0 radical (unpaired) electrons. The summed E-state index contributed by atoms with van der Waals surface area (Å²) in [6.07, 6.45) is 4.49. The number of rotatable bonds is 4. The summed E-state index contributed by atoms with van der Waals surface area (Å²) in [5.41, 5.74) is 2.56. The fraction of sp³-hybridized carbons (Fsp3) is 0.533. The third kappa shape index (κ3) is 3.57. The smallest absolute Gasteiger partial charge is 0.246 e. The molecule has 0 bridgehead atoms. The van der Waals surface area contributed by atoms with Gasteiger partial charge >= 0.3 is 0 Å². The highest BCUT2D eigenvalue weighted by Crippen LogP contribution is 2.11. The van der Waals surface area contributed by atoms with Crippen LogP contribution in [0.25, 0.3) is 0 Å². The molecule has 3 heteroatoms. The van der Waals surface area contributed by atoms with Crippen LogP contribution in [0.5, 0.6) is 0 Å². The summed E-state index contributed by atoms with van der Waals surface area (Å²) in [5, 5.41) is 1.53. The number of hydrogen-bond donors (Lipinski definition) is 0. The number of benzene rings is 1. The molecule has 2 rings (SSSR count). The zero-order valence-corrected chi connectivity index (χ0v) is 11.0. The monoisotopic (exact) mass is 247 g/mol. The van der Waals surface area contributed by atoms with Gasteiger partial charge in [0.05, 0.1) is 6.61 Å². The van der Waals surface area contributed by atoms with Crippen LogP contribution in [0, 0.1) is 0 Å². The Morgan fingerprint density at radius 1 is 1.22 bits per heavy atom. The first-order chi connectivity index (χ1) is 8.79. The molecule has 0 aliphatic carbocycles. The van der Waals surface area contributed by atoms with E-state index in [-0.39, 0.29) is 5.91 Å². The third-order valence-corrected chi connectivity index (χ3v) is 3.34. The highest BCUT2D eigenvalue weighted by molar-refractivity contribution is 5.75. The van der Waals surface area contributed by atoms with Gasteiger partial charge in [-0.25, -0.2) is 5.06 Å². The molecule has 1 amide bonds. The molecule has 1 aliphatic rings. The van der Waals surface area contributed by atoms with Crippen molar-refractivity contribution in [2.45, 2.75) is 39.0 Å². The molecule has 1 aliphatic heterocycles. The van der Waals surface area contributed by atoms with Gasteiger partial charge in [0.1, 0.15) is 0 Å². The summed E-state index contributed by atoms with van der Waals surface area (Å²) >= 11 is 0. The summed E-state index contributed by atoms with van der Waals surface area (Å²) in [5.74, 6) is 0.106. The van der Waals surface area contributed by atoms with Crippen LogP contribution in [-0.2, 0) is 22.5 Å². The van der Waals surface area contributed by atoms with Gasteiger partial charge < -0.3 is 0 Å². The maximum Gasteiger partial charge on any atom is 0.246 e. The van der Waals surface area contributed by atoms with Crippen molar-refractivity contribution in [3.63, 3.8) is 0 Å². The Balaban J connectivity index is 1.80. The standard InChI is InChI=1S/C15H21NO2/c1-2-13-5-7-14(8-6-13)9-10-15(17)16-11-3-4-12-18-16/h5-8H,2-4,9-12H2,1H3. The van der Waals surface area contributed by atoms with Crippen LogP contribution >= 0.6 is 0 Å². The Labute approximate surface area is 109 Å². The number of carbonyl (C=O) groups is 1. The van der Waals surface area contributed by atoms with E-state index in [1.54, 1.807) is 0 Å². The van der Waals surface area contributed by atoms with Crippen LogP contribution in [0.4, 0.5) is 0 Å². The van der Waals surface area contributed by atoms with Crippen molar-refractivity contribution in [2.24, 2.45) is 0 Å². The molecular weight excluding hydrogens is 226 g/mol. The lowest BCUT2D eigenvalue weighted by Crippen LogP contribution is -2.35. The lowest BCUT2D eigenvalue weighted by atomic mass is 10.1. The van der Waals surface area contributed by atoms with E-state index in [1.807, 2.05) is 0 Å². The number of hydrogen-bond acceptors (Lipinski definition) is 2. The van der Waals surface area contributed by atoms with Crippen molar-refractivity contribution in [2.75, 3.05) is 13.2 Å². The van der Waals surface area contributed by atoms with Gasteiger partial charge in [0.2, 0.25) is 5.91 Å². The molecule has 0 saturated carbocycles. The molecule has 98 valence electrons. The normalized spacial score (nSPS) is 15.7. The summed E-state index contributed by atoms with van der Waals surface area (Å²) in [4.78, 5) is 17.2. The predicted octanol–water partition coefficient (Wildman–Crippen LogP) is 2.74. The molecular formula is C15H21NO2. The van der Waals surface area contributed by atoms with Gasteiger partial charge in [-0.3, -0.25) is 9.63 Å². The summed E-state index contributed by atoms with van der Waals surface area (Å²) in [6, 6.07) is 8.50. The minimum absolute atomic E-state index is 0.106. The predicted molar refractivity (Wildman–Crippen MR) is 71.0 cm³/mol. The quantitative estimate of drug-likeness (QED) is 0.818. The van der Waals surface area contributed by atoms with E-state index in [0.29, 0.717) is 13.0 Å². The number of hydroxylamine groups is 2. The number of amides is 1. The third-order valence-electron chi connectivity index (χ3n) is 3.34. The number of carbonyl (C=O) groups excluding carboxylic acids is 1. The molecule has 0 N–H and O–H groups in total. The van der Waals surface area contributed by atoms with E-state index < -0.39 is 0 Å². The average molecular weight is 247 g/mol. The summed E-state index contributed by atoms with van der Waals surface area (Å²) in [6.45, 7) is 3.57. The molecule has 18 heavy (non-hydrogen) atoms. The highest BCUT2D eigenvalue weighted by Gasteiger charge is 2.17. The average Bonchev–Trinajstić information content (AvgIpc) is 2.46. The molecule has 0 spiro atoms. The number of aryl methyl sites for hydroxylation is 2. The van der Waals surface area contributed by atoms with E-state index in [4.69, 9.17) is 4.84 Å². The van der Waals surface area contributed by atoms with Gasteiger partial charge in [-0.2, -0.15) is 0 Å². The van der Waals surface area contributed by atoms with Crippen LogP contribution in [0.15, 0.2) is 24.3 Å². The number of nitrogens with zero attached hydrogens (tertiary/aromatic N) is 1. The Morgan fingerprint density at radius 2 is 1.94 bits per heavy atom. The van der Waals surface area contributed by atoms with Crippen LogP contribution in [0.3, 0.4) is 0 Å². The van der Waals surface area contributed by atoms with E-state index in [9.17, 15) is 4.79 Å². The Morgan fingerprint density at radius 3 is 2.56 bits per heavy atom. The van der Waals surface area contributed by atoms with Crippen molar-refractivity contribution in [3.8, 4) is 0 Å². The highest BCUT2D eigenvalue weighted by atomic mass is 16.7. The molecule has 3 nitrogen and oxygen atoms in total. The van der Waals surface area contributed by atoms with Crippen molar-refractivity contribution >= 4 is 5.91 Å². The van der Waals surface area contributed by atoms with Gasteiger partial charge in [-0.15, -0.1) is 0 Å². The van der Waals surface area contributed by atoms with Gasteiger partial charge in [0, 0.05) is 13.0 Å². The first-order valence-corrected chi connectivity index (χ1v) is 6.80. The van der Waals surface area contributed by atoms with E-state index >= 15 is 0 Å². The Bertz CT molecular complexity index is 380. The van der Waals surface area contributed by atoms with Crippen LogP contribution < -0.4 is 0 Å². The second kappa shape index (κ2) is 6.55. The fourth-order valence-corrected chi connectivity index (χ4v) is 2.11. The lowest BCUT2D eigenvalue weighted by molar-refractivity contribution is -0.197. The molecule has 0 aromatic heterocycles. The zero-order valence-electron chi connectivity index (χ0n) is 11.0. The molecule has 1 aromatic carbocycles. The lowest BCUT2D eigenvalue weighted by Gasteiger charge is -2.25. The van der Waals surface area contributed by atoms with E-state index in [0.717, 1.165) is 32.2 Å². The van der Waals surface area contributed by atoms with Gasteiger partial charge in [-0.05, 0) is 36.8 Å². The largest absolute Gasteiger partial charge is 0.273 e. The van der Waals surface area contributed by atoms with Crippen LogP contribution in [0.2, 0.25) is 0 Å². The first-order valence-electron chi connectivity index (χ1n) is 6.80. The molecule has 1 heterocycles. The Kier molecular flexibility index (Phi) is 4.76. The van der Waals surface area contributed by atoms with Crippen molar-refractivity contribution in [3.05, 3.63) is 35.4 Å². The maximum absolute atomic E-state index is 11.9. The molecule has 0 unspecified atom stereocenters. The minimum Gasteiger partial charge on any atom is -0.273 e. The first kappa shape index (κ1) is 13.1. The summed E-state index contributed by atoms with van der Waals surface area (Å²) < 4.78 is 0. The molecule has 1 saturated heterocycles. The summed E-state index contributed by atoms with van der Waals surface area (Å²) in [7, 11) is 0. The molecule has 1 aromatic rings. The van der Waals surface area contributed by atoms with E-state index in [2.05, 4.69) is 31.2 Å². The molecule has 1 fully saturated rings. The minimum atomic E-state index is 0.106. The zero-order chi connectivity index (χ0) is 12.8.